The van der Waals surface area contributed by atoms with Crippen molar-refractivity contribution in [3.8, 4) is 0 Å². The molecule has 0 saturated heterocycles. The second kappa shape index (κ2) is 10.6. The molecule has 4 nitrogen and oxygen atoms in total. The van der Waals surface area contributed by atoms with Crippen LogP contribution in [0.15, 0.2) is 60.7 Å². The lowest BCUT2D eigenvalue weighted by atomic mass is 10.1. The molecule has 0 aromatic heterocycles. The molecule has 2 rings (SSSR count). The molecule has 0 aliphatic heterocycles. The quantitative estimate of drug-likeness (QED) is 0.616. The van der Waals surface area contributed by atoms with E-state index in [1.807, 2.05) is 60.7 Å². The number of nitrogens with zero attached hydrogens (tertiary/aromatic N) is 1. The van der Waals surface area contributed by atoms with Gasteiger partial charge in [-0.05, 0) is 24.2 Å². The standard InChI is InChI=1S/C21H27NO3/c1-3-22(4-2)15-16-24-20(19-13-9-6-10-14-19)21(23)25-17-18-11-7-5-8-12-18/h5-14,20H,3-4,15-17H2,1-2H3. The van der Waals surface area contributed by atoms with Crippen LogP contribution in [0, 0.1) is 0 Å². The van der Waals surface area contributed by atoms with E-state index in [0.29, 0.717) is 6.61 Å². The Balaban J connectivity index is 1.97. The fourth-order valence-electron chi connectivity index (χ4n) is 2.57. The first-order chi connectivity index (χ1) is 12.2. The Kier molecular flexibility index (Phi) is 8.16. The van der Waals surface area contributed by atoms with Crippen molar-refractivity contribution in [2.75, 3.05) is 26.2 Å². The lowest BCUT2D eigenvalue weighted by Crippen LogP contribution is -2.29. The first-order valence-corrected chi connectivity index (χ1v) is 8.84. The number of rotatable bonds is 10. The smallest absolute Gasteiger partial charge is 0.340 e. The van der Waals surface area contributed by atoms with Crippen molar-refractivity contribution < 1.29 is 14.3 Å². The van der Waals surface area contributed by atoms with Gasteiger partial charge >= 0.3 is 5.97 Å². The molecule has 0 heterocycles. The summed E-state index contributed by atoms with van der Waals surface area (Å²) in [7, 11) is 0. The Labute approximate surface area is 150 Å². The summed E-state index contributed by atoms with van der Waals surface area (Å²) in [4.78, 5) is 14.8. The SMILES string of the molecule is CCN(CC)CCOC(C(=O)OCc1ccccc1)c1ccccc1. The zero-order chi connectivity index (χ0) is 17.9. The predicted octanol–water partition coefficient (Wildman–Crippen LogP) is 3.83. The average molecular weight is 341 g/mol. The normalized spacial score (nSPS) is 12.1. The third-order valence-corrected chi connectivity index (χ3v) is 4.13. The van der Waals surface area contributed by atoms with Gasteiger partial charge in [-0.25, -0.2) is 4.79 Å². The highest BCUT2D eigenvalue weighted by molar-refractivity contribution is 5.76. The minimum Gasteiger partial charge on any atom is -0.459 e. The van der Waals surface area contributed by atoms with E-state index in [9.17, 15) is 4.79 Å². The van der Waals surface area contributed by atoms with Gasteiger partial charge < -0.3 is 14.4 Å². The molecule has 0 amide bonds. The summed E-state index contributed by atoms with van der Waals surface area (Å²) in [6.07, 6.45) is -0.694. The topological polar surface area (TPSA) is 38.8 Å². The van der Waals surface area contributed by atoms with E-state index >= 15 is 0 Å². The first kappa shape index (κ1) is 19.2. The number of hydrogen-bond donors (Lipinski definition) is 0. The summed E-state index contributed by atoms with van der Waals surface area (Å²) in [5, 5.41) is 0. The van der Waals surface area contributed by atoms with Crippen LogP contribution < -0.4 is 0 Å². The molecule has 2 aromatic rings. The Morgan fingerprint density at radius 3 is 2.16 bits per heavy atom. The van der Waals surface area contributed by atoms with Crippen molar-refractivity contribution >= 4 is 5.97 Å². The molecule has 0 N–H and O–H groups in total. The maximum Gasteiger partial charge on any atom is 0.340 e. The summed E-state index contributed by atoms with van der Waals surface area (Å²) in [5.41, 5.74) is 1.78. The van der Waals surface area contributed by atoms with Gasteiger partial charge in [-0.3, -0.25) is 0 Å². The van der Waals surface area contributed by atoms with E-state index in [4.69, 9.17) is 9.47 Å². The molecular formula is C21H27NO3. The van der Waals surface area contributed by atoms with Gasteiger partial charge in [-0.15, -0.1) is 0 Å². The monoisotopic (exact) mass is 341 g/mol. The summed E-state index contributed by atoms with van der Waals surface area (Å²) < 4.78 is 11.4. The zero-order valence-corrected chi connectivity index (χ0v) is 15.1. The van der Waals surface area contributed by atoms with Crippen molar-refractivity contribution in [1.29, 1.82) is 0 Å². The van der Waals surface area contributed by atoms with Crippen LogP contribution in [0.3, 0.4) is 0 Å². The van der Waals surface area contributed by atoms with E-state index in [1.54, 1.807) is 0 Å². The molecule has 0 spiro atoms. The van der Waals surface area contributed by atoms with Crippen LogP contribution in [0.5, 0.6) is 0 Å². The molecule has 2 aromatic carbocycles. The van der Waals surface area contributed by atoms with E-state index in [-0.39, 0.29) is 12.6 Å². The third kappa shape index (κ3) is 6.33. The molecule has 0 aliphatic carbocycles. The molecule has 0 aliphatic rings. The van der Waals surface area contributed by atoms with E-state index < -0.39 is 6.10 Å². The van der Waals surface area contributed by atoms with Crippen molar-refractivity contribution in [2.45, 2.75) is 26.6 Å². The minimum atomic E-state index is -0.694. The Bertz CT molecular complexity index is 612. The Morgan fingerprint density at radius 1 is 0.960 bits per heavy atom. The lowest BCUT2D eigenvalue weighted by Gasteiger charge is -2.21. The van der Waals surface area contributed by atoms with Gasteiger partial charge in [0.2, 0.25) is 0 Å². The molecule has 134 valence electrons. The van der Waals surface area contributed by atoms with Crippen molar-refractivity contribution in [2.24, 2.45) is 0 Å². The number of benzene rings is 2. The molecule has 25 heavy (non-hydrogen) atoms. The van der Waals surface area contributed by atoms with Gasteiger partial charge in [0.1, 0.15) is 6.61 Å². The number of ether oxygens (including phenoxy) is 2. The van der Waals surface area contributed by atoms with Crippen LogP contribution in [0.1, 0.15) is 31.1 Å². The fraction of sp³-hybridized carbons (Fsp3) is 0.381. The molecule has 0 saturated carbocycles. The highest BCUT2D eigenvalue weighted by Crippen LogP contribution is 2.19. The summed E-state index contributed by atoms with van der Waals surface area (Å²) in [6, 6.07) is 19.2. The third-order valence-electron chi connectivity index (χ3n) is 4.13. The second-order valence-electron chi connectivity index (χ2n) is 5.78. The van der Waals surface area contributed by atoms with Gasteiger partial charge in [0, 0.05) is 6.54 Å². The Hall–Kier alpha value is -2.17. The van der Waals surface area contributed by atoms with Crippen LogP contribution in [0.25, 0.3) is 0 Å². The van der Waals surface area contributed by atoms with Crippen LogP contribution in [-0.4, -0.2) is 37.1 Å². The highest BCUT2D eigenvalue weighted by atomic mass is 16.6. The van der Waals surface area contributed by atoms with Crippen molar-refractivity contribution in [3.63, 3.8) is 0 Å². The van der Waals surface area contributed by atoms with E-state index in [0.717, 1.165) is 30.8 Å². The van der Waals surface area contributed by atoms with Gasteiger partial charge in [-0.1, -0.05) is 74.5 Å². The molecule has 4 heteroatoms. The van der Waals surface area contributed by atoms with Gasteiger partial charge in [-0.2, -0.15) is 0 Å². The van der Waals surface area contributed by atoms with E-state index in [2.05, 4.69) is 18.7 Å². The molecule has 1 unspecified atom stereocenters. The van der Waals surface area contributed by atoms with Crippen molar-refractivity contribution in [1.82, 2.24) is 4.90 Å². The summed E-state index contributed by atoms with van der Waals surface area (Å²) >= 11 is 0. The summed E-state index contributed by atoms with van der Waals surface area (Å²) in [6.45, 7) is 7.70. The van der Waals surface area contributed by atoms with Crippen LogP contribution in [0.2, 0.25) is 0 Å². The lowest BCUT2D eigenvalue weighted by molar-refractivity contribution is -0.159. The molecule has 0 fully saturated rings. The number of carbonyl (C=O) groups is 1. The number of carbonyl (C=O) groups excluding carboxylic acids is 1. The van der Waals surface area contributed by atoms with Crippen LogP contribution in [0.4, 0.5) is 0 Å². The molecular weight excluding hydrogens is 314 g/mol. The second-order valence-corrected chi connectivity index (χ2v) is 5.78. The Morgan fingerprint density at radius 2 is 1.56 bits per heavy atom. The molecule has 0 bridgehead atoms. The van der Waals surface area contributed by atoms with E-state index in [1.165, 1.54) is 0 Å². The molecule has 0 radical (unpaired) electrons. The molecule has 1 atom stereocenters. The number of esters is 1. The minimum absolute atomic E-state index is 0.252. The maximum absolute atomic E-state index is 12.6. The largest absolute Gasteiger partial charge is 0.459 e. The number of hydrogen-bond acceptors (Lipinski definition) is 4. The van der Waals surface area contributed by atoms with Crippen LogP contribution in [-0.2, 0) is 20.9 Å². The fourth-order valence-corrected chi connectivity index (χ4v) is 2.57. The predicted molar refractivity (Wildman–Crippen MR) is 99.2 cm³/mol. The van der Waals surface area contributed by atoms with Crippen LogP contribution >= 0.6 is 0 Å². The highest BCUT2D eigenvalue weighted by Gasteiger charge is 2.23. The van der Waals surface area contributed by atoms with Crippen molar-refractivity contribution in [3.05, 3.63) is 71.8 Å². The van der Waals surface area contributed by atoms with Gasteiger partial charge in [0.15, 0.2) is 6.10 Å². The maximum atomic E-state index is 12.6. The van der Waals surface area contributed by atoms with Gasteiger partial charge in [0.25, 0.3) is 0 Å². The average Bonchev–Trinajstić information content (AvgIpc) is 2.68. The van der Waals surface area contributed by atoms with Gasteiger partial charge in [0.05, 0.1) is 6.61 Å². The zero-order valence-electron chi connectivity index (χ0n) is 15.1. The number of likely N-dealkylation sites (N-methyl/N-ethyl adjacent to an activating group) is 1. The first-order valence-electron chi connectivity index (χ1n) is 8.84. The summed E-state index contributed by atoms with van der Waals surface area (Å²) in [5.74, 6) is -0.352.